The van der Waals surface area contributed by atoms with Gasteiger partial charge in [0.05, 0.1) is 12.6 Å². The highest BCUT2D eigenvalue weighted by Crippen LogP contribution is 2.38. The second-order valence-electron chi connectivity index (χ2n) is 9.46. The molecule has 2 aliphatic heterocycles. The van der Waals surface area contributed by atoms with Crippen molar-refractivity contribution >= 4 is 17.5 Å². The highest BCUT2D eigenvalue weighted by Gasteiger charge is 2.37. The van der Waals surface area contributed by atoms with Crippen LogP contribution in [0.1, 0.15) is 36.1 Å². The topological polar surface area (TPSA) is 108 Å². The molecular weight excluding hydrogens is 513 g/mol. The quantitative estimate of drug-likeness (QED) is 0.435. The van der Waals surface area contributed by atoms with Crippen molar-refractivity contribution in [3.05, 3.63) is 53.4 Å². The van der Waals surface area contributed by atoms with Gasteiger partial charge >= 0.3 is 6.18 Å². The van der Waals surface area contributed by atoms with Crippen molar-refractivity contribution in [3.8, 4) is 23.3 Å². The standard InChI is InChI=1S/C27H27F3N6O3/c28-27(29,30)21-16-32-26(33-19-3-5-20(6-4-19)38-14-13-35-10-1-2-11-35)34-25(21)22-15-18-8-12-36(17-23(18)39-22)24(37)7-9-31/h3-6,15-16H,1-2,7-8,10-14,17H2,(H,32,33,34). The molecule has 39 heavy (non-hydrogen) atoms. The van der Waals surface area contributed by atoms with E-state index in [4.69, 9.17) is 14.4 Å². The van der Waals surface area contributed by atoms with E-state index < -0.39 is 17.4 Å². The first-order valence-corrected chi connectivity index (χ1v) is 12.7. The smallest absolute Gasteiger partial charge is 0.420 e. The number of hydrogen-bond acceptors (Lipinski definition) is 8. The number of amides is 1. The maximum absolute atomic E-state index is 13.8. The van der Waals surface area contributed by atoms with Crippen LogP contribution in [-0.2, 0) is 23.9 Å². The highest BCUT2D eigenvalue weighted by atomic mass is 19.4. The van der Waals surface area contributed by atoms with Gasteiger partial charge in [-0.15, -0.1) is 0 Å². The minimum absolute atomic E-state index is 0.0269. The summed E-state index contributed by atoms with van der Waals surface area (Å²) < 4.78 is 53.1. The fourth-order valence-electron chi connectivity index (χ4n) is 4.73. The monoisotopic (exact) mass is 540 g/mol. The van der Waals surface area contributed by atoms with E-state index in [1.807, 2.05) is 6.07 Å². The Kier molecular flexibility index (Phi) is 7.70. The van der Waals surface area contributed by atoms with Crippen molar-refractivity contribution in [3.63, 3.8) is 0 Å². The summed E-state index contributed by atoms with van der Waals surface area (Å²) >= 11 is 0. The lowest BCUT2D eigenvalue weighted by molar-refractivity contribution is -0.137. The number of carbonyl (C=O) groups is 1. The number of alkyl halides is 3. The van der Waals surface area contributed by atoms with Crippen molar-refractivity contribution in [2.45, 2.75) is 38.4 Å². The number of halogens is 3. The van der Waals surface area contributed by atoms with Gasteiger partial charge in [-0.2, -0.15) is 18.4 Å². The molecule has 1 aromatic carbocycles. The number of fused-ring (bicyclic) bond motifs is 1. The number of ether oxygens (including phenoxy) is 1. The Labute approximate surface area is 223 Å². The Morgan fingerprint density at radius 2 is 1.95 bits per heavy atom. The Bertz CT molecular complexity index is 1360. The first-order valence-electron chi connectivity index (χ1n) is 12.7. The number of carbonyl (C=O) groups excluding carboxylic acids is 1. The summed E-state index contributed by atoms with van der Waals surface area (Å²) in [6.07, 6.45) is -1.40. The summed E-state index contributed by atoms with van der Waals surface area (Å²) in [6.45, 7) is 4.08. The summed E-state index contributed by atoms with van der Waals surface area (Å²) in [6, 6.07) is 10.4. The number of furan rings is 1. The zero-order chi connectivity index (χ0) is 27.4. The van der Waals surface area contributed by atoms with Gasteiger partial charge in [-0.05, 0) is 68.2 Å². The number of anilines is 2. The minimum atomic E-state index is -4.70. The van der Waals surface area contributed by atoms with Crippen molar-refractivity contribution in [2.75, 3.05) is 38.1 Å². The van der Waals surface area contributed by atoms with Crippen molar-refractivity contribution < 1.29 is 27.1 Å². The molecule has 2 aromatic heterocycles. The first kappa shape index (κ1) is 26.5. The van der Waals surface area contributed by atoms with Gasteiger partial charge in [0.25, 0.3) is 0 Å². The lowest BCUT2D eigenvalue weighted by atomic mass is 10.1. The molecule has 5 rings (SSSR count). The molecule has 3 aromatic rings. The summed E-state index contributed by atoms with van der Waals surface area (Å²) in [4.78, 5) is 23.9. The van der Waals surface area contributed by atoms with Crippen LogP contribution in [-0.4, -0.2) is 58.5 Å². The van der Waals surface area contributed by atoms with E-state index >= 15 is 0 Å². The van der Waals surface area contributed by atoms with E-state index in [-0.39, 0.29) is 30.6 Å². The van der Waals surface area contributed by atoms with Crippen LogP contribution < -0.4 is 10.1 Å². The second-order valence-corrected chi connectivity index (χ2v) is 9.46. The molecule has 9 nitrogen and oxygen atoms in total. The summed E-state index contributed by atoms with van der Waals surface area (Å²) in [5.74, 6) is 0.630. The molecule has 0 unspecified atom stereocenters. The number of nitriles is 1. The van der Waals surface area contributed by atoms with Crippen LogP contribution in [0, 0.1) is 11.3 Å². The van der Waals surface area contributed by atoms with Crippen LogP contribution in [0.5, 0.6) is 5.75 Å². The van der Waals surface area contributed by atoms with E-state index in [0.29, 0.717) is 42.3 Å². The maximum atomic E-state index is 13.8. The largest absolute Gasteiger partial charge is 0.492 e. The van der Waals surface area contributed by atoms with Crippen molar-refractivity contribution in [1.82, 2.24) is 19.8 Å². The molecule has 0 atom stereocenters. The van der Waals surface area contributed by atoms with Crippen LogP contribution >= 0.6 is 0 Å². The molecule has 1 N–H and O–H groups in total. The molecule has 0 radical (unpaired) electrons. The molecule has 1 fully saturated rings. The lowest BCUT2D eigenvalue weighted by Crippen LogP contribution is -2.35. The maximum Gasteiger partial charge on any atom is 0.420 e. The number of rotatable bonds is 8. The van der Waals surface area contributed by atoms with Gasteiger partial charge in [0.15, 0.2) is 5.76 Å². The fourth-order valence-corrected chi connectivity index (χ4v) is 4.73. The molecular formula is C27H27F3N6O3. The SMILES string of the molecule is N#CCC(=O)N1CCc2cc(-c3nc(Nc4ccc(OCCN5CCCC5)cc4)ncc3C(F)(F)F)oc2C1. The number of nitrogens with zero attached hydrogens (tertiary/aromatic N) is 5. The Hall–Kier alpha value is -4.11. The van der Waals surface area contributed by atoms with Gasteiger partial charge in [0.2, 0.25) is 11.9 Å². The van der Waals surface area contributed by atoms with E-state index in [1.165, 1.54) is 23.8 Å². The van der Waals surface area contributed by atoms with E-state index in [1.54, 1.807) is 24.3 Å². The number of hydrogen-bond donors (Lipinski definition) is 1. The molecule has 0 bridgehead atoms. The van der Waals surface area contributed by atoms with Crippen molar-refractivity contribution in [2.24, 2.45) is 0 Å². The predicted molar refractivity (Wildman–Crippen MR) is 135 cm³/mol. The molecule has 204 valence electrons. The summed E-state index contributed by atoms with van der Waals surface area (Å²) in [7, 11) is 0. The van der Waals surface area contributed by atoms with E-state index in [2.05, 4.69) is 20.2 Å². The van der Waals surface area contributed by atoms with Crippen LogP contribution in [0.15, 0.2) is 40.9 Å². The molecule has 0 aliphatic carbocycles. The van der Waals surface area contributed by atoms with Crippen LogP contribution in [0.3, 0.4) is 0 Å². The Morgan fingerprint density at radius 1 is 1.18 bits per heavy atom. The highest BCUT2D eigenvalue weighted by molar-refractivity contribution is 5.78. The first-order chi connectivity index (χ1) is 18.8. The Balaban J connectivity index is 1.31. The third kappa shape index (κ3) is 6.31. The average molecular weight is 541 g/mol. The number of aromatic nitrogens is 2. The minimum Gasteiger partial charge on any atom is -0.492 e. The van der Waals surface area contributed by atoms with Gasteiger partial charge in [-0.1, -0.05) is 0 Å². The van der Waals surface area contributed by atoms with Gasteiger partial charge in [-0.3, -0.25) is 9.69 Å². The number of likely N-dealkylation sites (tertiary alicyclic amines) is 1. The average Bonchev–Trinajstić information content (AvgIpc) is 3.59. The molecule has 2 aliphatic rings. The molecule has 1 saturated heterocycles. The Morgan fingerprint density at radius 3 is 2.67 bits per heavy atom. The van der Waals surface area contributed by atoms with Gasteiger partial charge in [0, 0.05) is 25.0 Å². The normalized spacial score (nSPS) is 15.6. The van der Waals surface area contributed by atoms with Crippen LogP contribution in [0.25, 0.3) is 11.5 Å². The summed E-state index contributed by atoms with van der Waals surface area (Å²) in [5.41, 5.74) is -0.143. The molecule has 0 saturated carbocycles. The summed E-state index contributed by atoms with van der Waals surface area (Å²) in [5, 5.41) is 11.7. The van der Waals surface area contributed by atoms with Crippen LogP contribution in [0.4, 0.5) is 24.8 Å². The van der Waals surface area contributed by atoms with Gasteiger partial charge in [-0.25, -0.2) is 9.97 Å². The predicted octanol–water partition coefficient (Wildman–Crippen LogP) is 4.77. The number of nitrogens with one attached hydrogen (secondary N) is 1. The van der Waals surface area contributed by atoms with Crippen LogP contribution in [0.2, 0.25) is 0 Å². The molecule has 4 heterocycles. The molecule has 12 heteroatoms. The van der Waals surface area contributed by atoms with Gasteiger partial charge in [0.1, 0.15) is 35.8 Å². The third-order valence-electron chi connectivity index (χ3n) is 6.78. The van der Waals surface area contributed by atoms with E-state index in [0.717, 1.165) is 25.8 Å². The van der Waals surface area contributed by atoms with Gasteiger partial charge < -0.3 is 19.4 Å². The zero-order valence-electron chi connectivity index (χ0n) is 21.1. The van der Waals surface area contributed by atoms with E-state index in [9.17, 15) is 18.0 Å². The zero-order valence-corrected chi connectivity index (χ0v) is 21.1. The third-order valence-corrected chi connectivity index (χ3v) is 6.78. The fraction of sp³-hybridized carbons (Fsp3) is 0.407. The molecule has 1 amide bonds. The second kappa shape index (κ2) is 11.3. The number of benzene rings is 1. The van der Waals surface area contributed by atoms with Crippen molar-refractivity contribution in [1.29, 1.82) is 5.26 Å². The molecule has 0 spiro atoms. The lowest BCUT2D eigenvalue weighted by Gasteiger charge is -2.25.